The SMILES string of the molecule is Clc1ccc(COc2ccc(/C=N/Nc3nc(N4CCCCC4)nc(N4CCOCC4)n3)cc2)cc1. The summed E-state index contributed by atoms with van der Waals surface area (Å²) in [6.45, 7) is 5.27. The molecule has 188 valence electrons. The van der Waals surface area contributed by atoms with Gasteiger partial charge in [-0.1, -0.05) is 23.7 Å². The molecule has 3 aromatic rings. The molecule has 36 heavy (non-hydrogen) atoms. The second kappa shape index (κ2) is 12.0. The lowest BCUT2D eigenvalue weighted by atomic mass is 10.1. The lowest BCUT2D eigenvalue weighted by Crippen LogP contribution is -2.38. The maximum Gasteiger partial charge on any atom is 0.250 e. The van der Waals surface area contributed by atoms with Gasteiger partial charge in [0.15, 0.2) is 0 Å². The molecule has 1 N–H and O–H groups in total. The first-order chi connectivity index (χ1) is 17.7. The van der Waals surface area contributed by atoms with Crippen molar-refractivity contribution < 1.29 is 9.47 Å². The topological polar surface area (TPSA) is 88.0 Å². The molecule has 0 amide bonds. The van der Waals surface area contributed by atoms with Crippen LogP contribution in [0.15, 0.2) is 53.6 Å². The van der Waals surface area contributed by atoms with Gasteiger partial charge in [0.25, 0.3) is 0 Å². The summed E-state index contributed by atoms with van der Waals surface area (Å²) in [4.78, 5) is 18.4. The molecule has 0 radical (unpaired) electrons. The van der Waals surface area contributed by atoms with Crippen molar-refractivity contribution >= 4 is 35.7 Å². The number of piperidine rings is 1. The van der Waals surface area contributed by atoms with Crippen LogP contribution in [-0.4, -0.2) is 60.6 Å². The Morgan fingerprint density at radius 1 is 0.861 bits per heavy atom. The minimum absolute atomic E-state index is 0.436. The number of nitrogens with one attached hydrogen (secondary N) is 1. The highest BCUT2D eigenvalue weighted by Crippen LogP contribution is 2.21. The number of anilines is 3. The average Bonchev–Trinajstić information content (AvgIpc) is 2.94. The average molecular weight is 508 g/mol. The van der Waals surface area contributed by atoms with E-state index in [0.29, 0.717) is 42.7 Å². The Hall–Kier alpha value is -3.43. The number of hydrogen-bond donors (Lipinski definition) is 1. The van der Waals surface area contributed by atoms with E-state index in [9.17, 15) is 0 Å². The van der Waals surface area contributed by atoms with Crippen LogP contribution in [0.25, 0.3) is 0 Å². The van der Waals surface area contributed by atoms with Gasteiger partial charge in [0, 0.05) is 31.2 Å². The molecule has 0 unspecified atom stereocenters. The van der Waals surface area contributed by atoms with Crippen LogP contribution in [0.2, 0.25) is 5.02 Å². The number of ether oxygens (including phenoxy) is 2. The van der Waals surface area contributed by atoms with Gasteiger partial charge in [-0.15, -0.1) is 0 Å². The van der Waals surface area contributed by atoms with E-state index in [-0.39, 0.29) is 0 Å². The van der Waals surface area contributed by atoms with Gasteiger partial charge in [0.2, 0.25) is 17.8 Å². The predicted molar refractivity (Wildman–Crippen MR) is 142 cm³/mol. The summed E-state index contributed by atoms with van der Waals surface area (Å²) in [5.41, 5.74) is 4.99. The van der Waals surface area contributed by atoms with E-state index in [1.807, 2.05) is 48.5 Å². The highest BCUT2D eigenvalue weighted by Gasteiger charge is 2.20. The smallest absolute Gasteiger partial charge is 0.250 e. The molecule has 0 saturated carbocycles. The molecule has 2 aliphatic heterocycles. The third kappa shape index (κ3) is 6.61. The van der Waals surface area contributed by atoms with Crippen molar-refractivity contribution in [2.24, 2.45) is 5.10 Å². The summed E-state index contributed by atoms with van der Waals surface area (Å²) in [7, 11) is 0. The number of morpholine rings is 1. The van der Waals surface area contributed by atoms with Crippen molar-refractivity contribution in [2.75, 3.05) is 54.6 Å². The van der Waals surface area contributed by atoms with Gasteiger partial charge in [0.1, 0.15) is 12.4 Å². The molecule has 2 aromatic carbocycles. The van der Waals surface area contributed by atoms with Crippen LogP contribution in [0.4, 0.5) is 17.8 Å². The molecule has 2 saturated heterocycles. The van der Waals surface area contributed by atoms with Crippen LogP contribution in [0.1, 0.15) is 30.4 Å². The van der Waals surface area contributed by atoms with Gasteiger partial charge in [0.05, 0.1) is 19.4 Å². The van der Waals surface area contributed by atoms with Gasteiger partial charge < -0.3 is 19.3 Å². The Morgan fingerprint density at radius 2 is 1.53 bits per heavy atom. The zero-order valence-corrected chi connectivity index (χ0v) is 20.9. The van der Waals surface area contributed by atoms with Crippen molar-refractivity contribution in [3.05, 3.63) is 64.7 Å². The molecule has 0 aliphatic carbocycles. The monoisotopic (exact) mass is 507 g/mol. The molecule has 0 spiro atoms. The van der Waals surface area contributed by atoms with Crippen molar-refractivity contribution in [2.45, 2.75) is 25.9 Å². The number of aromatic nitrogens is 3. The number of nitrogens with zero attached hydrogens (tertiary/aromatic N) is 6. The van der Waals surface area contributed by atoms with E-state index < -0.39 is 0 Å². The normalized spacial score (nSPS) is 16.4. The molecule has 5 rings (SSSR count). The Kier molecular flexibility index (Phi) is 8.10. The van der Waals surface area contributed by atoms with E-state index >= 15 is 0 Å². The fourth-order valence-corrected chi connectivity index (χ4v) is 4.23. The molecular weight excluding hydrogens is 478 g/mol. The van der Waals surface area contributed by atoms with Crippen LogP contribution < -0.4 is 20.0 Å². The maximum absolute atomic E-state index is 5.94. The summed E-state index contributed by atoms with van der Waals surface area (Å²) in [6, 6.07) is 15.4. The fraction of sp³-hybridized carbons (Fsp3) is 0.385. The van der Waals surface area contributed by atoms with E-state index in [2.05, 4.69) is 30.3 Å². The number of rotatable bonds is 8. The quantitative estimate of drug-likeness (QED) is 0.355. The Balaban J connectivity index is 1.23. The second-order valence-corrected chi connectivity index (χ2v) is 9.20. The first-order valence-corrected chi connectivity index (χ1v) is 12.7. The first kappa shape index (κ1) is 24.3. The molecule has 10 heteroatoms. The molecule has 0 atom stereocenters. The Labute approximate surface area is 216 Å². The van der Waals surface area contributed by atoms with Crippen LogP contribution in [0, 0.1) is 0 Å². The summed E-state index contributed by atoms with van der Waals surface area (Å²) < 4.78 is 11.3. The summed E-state index contributed by atoms with van der Waals surface area (Å²) in [5, 5.41) is 5.09. The molecular formula is C26H30ClN7O2. The van der Waals surface area contributed by atoms with Gasteiger partial charge in [-0.25, -0.2) is 5.43 Å². The largest absolute Gasteiger partial charge is 0.489 e. The zero-order valence-electron chi connectivity index (χ0n) is 20.1. The van der Waals surface area contributed by atoms with Crippen LogP contribution >= 0.6 is 11.6 Å². The third-order valence-electron chi connectivity index (χ3n) is 6.12. The number of benzene rings is 2. The lowest BCUT2D eigenvalue weighted by molar-refractivity contribution is 0.122. The van der Waals surface area contributed by atoms with Crippen molar-refractivity contribution in [1.29, 1.82) is 0 Å². The summed E-state index contributed by atoms with van der Waals surface area (Å²) >= 11 is 5.94. The Bertz CT molecular complexity index is 1110. The van der Waals surface area contributed by atoms with Crippen molar-refractivity contribution in [3.8, 4) is 5.75 Å². The predicted octanol–water partition coefficient (Wildman–Crippen LogP) is 4.38. The summed E-state index contributed by atoms with van der Waals surface area (Å²) in [5.74, 6) is 2.58. The maximum atomic E-state index is 5.94. The number of halogens is 1. The molecule has 2 aliphatic rings. The van der Waals surface area contributed by atoms with E-state index in [1.54, 1.807) is 6.21 Å². The molecule has 3 heterocycles. The Morgan fingerprint density at radius 3 is 2.22 bits per heavy atom. The first-order valence-electron chi connectivity index (χ1n) is 12.3. The molecule has 1 aromatic heterocycles. The second-order valence-electron chi connectivity index (χ2n) is 8.76. The van der Waals surface area contributed by atoms with Gasteiger partial charge in [-0.05, 0) is 66.8 Å². The van der Waals surface area contributed by atoms with E-state index in [1.165, 1.54) is 6.42 Å². The highest BCUT2D eigenvalue weighted by molar-refractivity contribution is 6.30. The van der Waals surface area contributed by atoms with Crippen molar-refractivity contribution in [1.82, 2.24) is 15.0 Å². The fourth-order valence-electron chi connectivity index (χ4n) is 4.11. The van der Waals surface area contributed by atoms with Gasteiger partial charge in [-0.3, -0.25) is 0 Å². The minimum atomic E-state index is 0.436. The number of hydrogen-bond acceptors (Lipinski definition) is 9. The standard InChI is InChI=1S/C26H30ClN7O2/c27-22-8-4-21(5-9-22)19-36-23-10-6-20(7-11-23)18-28-32-24-29-25(33-12-2-1-3-13-33)31-26(30-24)34-14-16-35-17-15-34/h4-11,18H,1-3,12-17,19H2,(H,29,30,31,32)/b28-18+. The van der Waals surface area contributed by atoms with Crippen molar-refractivity contribution in [3.63, 3.8) is 0 Å². The third-order valence-corrected chi connectivity index (χ3v) is 6.37. The van der Waals surface area contributed by atoms with Crippen LogP contribution in [-0.2, 0) is 11.3 Å². The van der Waals surface area contributed by atoms with E-state index in [4.69, 9.17) is 26.1 Å². The number of hydrazone groups is 1. The van der Waals surface area contributed by atoms with Gasteiger partial charge in [-0.2, -0.15) is 20.1 Å². The highest BCUT2D eigenvalue weighted by atomic mass is 35.5. The minimum Gasteiger partial charge on any atom is -0.489 e. The molecule has 2 fully saturated rings. The van der Waals surface area contributed by atoms with Crippen LogP contribution in [0.3, 0.4) is 0 Å². The summed E-state index contributed by atoms with van der Waals surface area (Å²) in [6.07, 6.45) is 5.29. The van der Waals surface area contributed by atoms with Crippen LogP contribution in [0.5, 0.6) is 5.75 Å². The van der Waals surface area contributed by atoms with E-state index in [0.717, 1.165) is 55.9 Å². The molecule has 9 nitrogen and oxygen atoms in total. The lowest BCUT2D eigenvalue weighted by Gasteiger charge is -2.30. The zero-order chi connectivity index (χ0) is 24.6. The molecule has 0 bridgehead atoms. The van der Waals surface area contributed by atoms with Gasteiger partial charge >= 0.3 is 0 Å².